The van der Waals surface area contributed by atoms with Gasteiger partial charge in [0.1, 0.15) is 5.92 Å². The van der Waals surface area contributed by atoms with Crippen LogP contribution in [-0.2, 0) is 4.79 Å². The summed E-state index contributed by atoms with van der Waals surface area (Å²) in [6, 6.07) is 0. The van der Waals surface area contributed by atoms with E-state index in [-0.39, 0.29) is 18.8 Å². The number of rotatable bonds is 5. The minimum Gasteiger partial charge on any atom is -0.481 e. The van der Waals surface area contributed by atoms with Crippen molar-refractivity contribution >= 4 is 18.4 Å². The van der Waals surface area contributed by atoms with E-state index in [1.165, 1.54) is 0 Å². The second-order valence-electron chi connectivity index (χ2n) is 2.87. The molecule has 0 bridgehead atoms. The summed E-state index contributed by atoms with van der Waals surface area (Å²) in [5.41, 5.74) is 0. The highest BCUT2D eigenvalue weighted by molar-refractivity contribution is 5.85. The monoisotopic (exact) mass is 217 g/mol. The Kier molecular flexibility index (Phi) is 8.15. The molecule has 1 N–H and O–H groups in total. The number of hydrogen-bond donors (Lipinski definition) is 1. The molecule has 13 heavy (non-hydrogen) atoms. The van der Waals surface area contributed by atoms with Gasteiger partial charge in [0.15, 0.2) is 0 Å². The summed E-state index contributed by atoms with van der Waals surface area (Å²) < 4.78 is 24.0. The molecule has 1 atom stereocenters. The van der Waals surface area contributed by atoms with Gasteiger partial charge in [-0.1, -0.05) is 0 Å². The molecule has 0 amide bonds. The molecule has 0 saturated heterocycles. The molecule has 0 aliphatic heterocycles. The Balaban J connectivity index is 0. The maximum absolute atomic E-state index is 12.0. The van der Waals surface area contributed by atoms with Gasteiger partial charge in [-0.2, -0.15) is 0 Å². The quantitative estimate of drug-likeness (QED) is 0.755. The fourth-order valence-electron chi connectivity index (χ4n) is 0.755. The zero-order valence-electron chi connectivity index (χ0n) is 7.54. The van der Waals surface area contributed by atoms with Crippen LogP contribution in [0.2, 0.25) is 0 Å². The van der Waals surface area contributed by atoms with Crippen molar-refractivity contribution < 1.29 is 18.7 Å². The number of hydrogen-bond acceptors (Lipinski definition) is 2. The Labute approximate surface area is 82.1 Å². The highest BCUT2D eigenvalue weighted by Crippen LogP contribution is 2.14. The van der Waals surface area contributed by atoms with Crippen molar-refractivity contribution in [2.45, 2.75) is 12.8 Å². The fraction of sp³-hybridized carbons (Fsp3) is 0.857. The molecule has 0 aliphatic carbocycles. The van der Waals surface area contributed by atoms with E-state index < -0.39 is 18.3 Å². The molecule has 0 aromatic carbocycles. The molecule has 3 nitrogen and oxygen atoms in total. The van der Waals surface area contributed by atoms with Crippen molar-refractivity contribution in [2.24, 2.45) is 5.92 Å². The lowest BCUT2D eigenvalue weighted by atomic mass is 10.1. The van der Waals surface area contributed by atoms with Gasteiger partial charge in [-0.3, -0.25) is 4.79 Å². The Morgan fingerprint density at radius 2 is 1.92 bits per heavy atom. The second kappa shape index (κ2) is 7.03. The molecule has 0 aliphatic rings. The summed E-state index contributed by atoms with van der Waals surface area (Å²) in [5, 5.41) is 8.36. The third-order valence-electron chi connectivity index (χ3n) is 1.51. The first-order valence-corrected chi connectivity index (χ1v) is 3.61. The van der Waals surface area contributed by atoms with Crippen LogP contribution < -0.4 is 0 Å². The zero-order valence-corrected chi connectivity index (χ0v) is 8.35. The smallest absolute Gasteiger partial charge is 0.312 e. The average molecular weight is 218 g/mol. The topological polar surface area (TPSA) is 40.5 Å². The summed E-state index contributed by atoms with van der Waals surface area (Å²) in [4.78, 5) is 11.9. The van der Waals surface area contributed by atoms with Crippen LogP contribution in [0.5, 0.6) is 0 Å². The van der Waals surface area contributed by atoms with Crippen molar-refractivity contribution in [3.63, 3.8) is 0 Å². The number of carboxylic acids is 1. The van der Waals surface area contributed by atoms with Gasteiger partial charge in [0.25, 0.3) is 6.43 Å². The molecule has 1 unspecified atom stereocenters. The zero-order chi connectivity index (χ0) is 9.72. The van der Waals surface area contributed by atoms with E-state index in [1.54, 1.807) is 19.0 Å². The molecular weight excluding hydrogens is 204 g/mol. The maximum atomic E-state index is 12.0. The minimum absolute atomic E-state index is 0. The van der Waals surface area contributed by atoms with Crippen LogP contribution in [0, 0.1) is 5.92 Å². The van der Waals surface area contributed by atoms with Crippen molar-refractivity contribution in [3.05, 3.63) is 0 Å². The van der Waals surface area contributed by atoms with Gasteiger partial charge in [-0.25, -0.2) is 8.78 Å². The molecule has 80 valence electrons. The largest absolute Gasteiger partial charge is 0.481 e. The first-order chi connectivity index (χ1) is 5.45. The minimum atomic E-state index is -2.78. The molecule has 6 heteroatoms. The number of alkyl halides is 2. The van der Waals surface area contributed by atoms with Crippen molar-refractivity contribution in [1.29, 1.82) is 0 Å². The fourth-order valence-corrected chi connectivity index (χ4v) is 0.755. The van der Waals surface area contributed by atoms with Crippen molar-refractivity contribution in [3.8, 4) is 0 Å². The van der Waals surface area contributed by atoms with E-state index in [2.05, 4.69) is 0 Å². The number of aliphatic carboxylic acids is 1. The van der Waals surface area contributed by atoms with E-state index in [1.807, 2.05) is 0 Å². The third kappa shape index (κ3) is 6.72. The standard InChI is InChI=1S/C7H13F2NO2.ClH/c1-10(2)4-3-5(6(8)9)7(11)12;/h5-6H,3-4H2,1-2H3,(H,11,12);1H. The van der Waals surface area contributed by atoms with Crippen LogP contribution in [0.25, 0.3) is 0 Å². The van der Waals surface area contributed by atoms with E-state index in [0.29, 0.717) is 6.54 Å². The predicted molar refractivity (Wildman–Crippen MR) is 47.5 cm³/mol. The third-order valence-corrected chi connectivity index (χ3v) is 1.51. The van der Waals surface area contributed by atoms with Crippen LogP contribution in [0.1, 0.15) is 6.42 Å². The summed E-state index contributed by atoms with van der Waals surface area (Å²) in [5.74, 6) is -2.96. The van der Waals surface area contributed by atoms with Crippen LogP contribution in [0.15, 0.2) is 0 Å². The van der Waals surface area contributed by atoms with Gasteiger partial charge in [-0.05, 0) is 27.1 Å². The first-order valence-electron chi connectivity index (χ1n) is 3.61. The van der Waals surface area contributed by atoms with E-state index >= 15 is 0 Å². The Morgan fingerprint density at radius 3 is 2.15 bits per heavy atom. The Hall–Kier alpha value is -0.420. The molecule has 0 rings (SSSR count). The molecule has 0 radical (unpaired) electrons. The number of carboxylic acid groups (broad SMARTS) is 1. The predicted octanol–water partition coefficient (Wildman–Crippen LogP) is 1.33. The van der Waals surface area contributed by atoms with E-state index in [4.69, 9.17) is 5.11 Å². The van der Waals surface area contributed by atoms with E-state index in [0.717, 1.165) is 0 Å². The van der Waals surface area contributed by atoms with Gasteiger partial charge in [-0.15, -0.1) is 12.4 Å². The average Bonchev–Trinajstić information content (AvgIpc) is 1.84. The summed E-state index contributed by atoms with van der Waals surface area (Å²) >= 11 is 0. The SMILES string of the molecule is CN(C)CCC(C(=O)O)C(F)F.Cl. The highest BCUT2D eigenvalue weighted by Gasteiger charge is 2.27. The Bertz CT molecular complexity index is 155. The number of nitrogens with zero attached hydrogens (tertiary/aromatic N) is 1. The first kappa shape index (κ1) is 15.1. The van der Waals surface area contributed by atoms with Crippen LogP contribution >= 0.6 is 12.4 Å². The van der Waals surface area contributed by atoms with Crippen molar-refractivity contribution in [1.82, 2.24) is 4.90 Å². The number of halogens is 3. The summed E-state index contributed by atoms with van der Waals surface area (Å²) in [7, 11) is 3.43. The number of carbonyl (C=O) groups is 1. The lowest BCUT2D eigenvalue weighted by Gasteiger charge is -2.14. The maximum Gasteiger partial charge on any atom is 0.312 e. The summed E-state index contributed by atoms with van der Waals surface area (Å²) in [6.45, 7) is 0.362. The molecule has 0 aromatic rings. The lowest BCUT2D eigenvalue weighted by molar-refractivity contribution is -0.147. The van der Waals surface area contributed by atoms with Gasteiger partial charge >= 0.3 is 5.97 Å². The van der Waals surface area contributed by atoms with Crippen LogP contribution in [0.3, 0.4) is 0 Å². The molecular formula is C7H14ClF2NO2. The van der Waals surface area contributed by atoms with Gasteiger partial charge < -0.3 is 10.0 Å². The lowest BCUT2D eigenvalue weighted by Crippen LogP contribution is -2.26. The normalized spacial score (nSPS) is 12.8. The molecule has 0 spiro atoms. The molecule has 0 saturated carbocycles. The highest BCUT2D eigenvalue weighted by atomic mass is 35.5. The van der Waals surface area contributed by atoms with Crippen molar-refractivity contribution in [2.75, 3.05) is 20.6 Å². The summed E-state index contributed by atoms with van der Waals surface area (Å²) in [6.07, 6.45) is -2.79. The second-order valence-corrected chi connectivity index (χ2v) is 2.87. The van der Waals surface area contributed by atoms with Crippen LogP contribution in [-0.4, -0.2) is 43.0 Å². The van der Waals surface area contributed by atoms with E-state index in [9.17, 15) is 13.6 Å². The Morgan fingerprint density at radius 1 is 1.46 bits per heavy atom. The van der Waals surface area contributed by atoms with Crippen LogP contribution in [0.4, 0.5) is 8.78 Å². The molecule has 0 aromatic heterocycles. The molecule has 0 fully saturated rings. The van der Waals surface area contributed by atoms with Gasteiger partial charge in [0.2, 0.25) is 0 Å². The van der Waals surface area contributed by atoms with Gasteiger partial charge in [0.05, 0.1) is 0 Å². The van der Waals surface area contributed by atoms with Gasteiger partial charge in [0, 0.05) is 0 Å². The molecule has 0 heterocycles.